The summed E-state index contributed by atoms with van der Waals surface area (Å²) in [4.78, 5) is 46.0. The molecule has 1 aliphatic rings. The molecule has 0 saturated carbocycles. The van der Waals surface area contributed by atoms with Crippen molar-refractivity contribution < 1.29 is 38.4 Å². The average Bonchev–Trinajstić information content (AvgIpc) is 3.58. The van der Waals surface area contributed by atoms with E-state index in [0.29, 0.717) is 46.2 Å². The maximum absolute atomic E-state index is 13.8. The zero-order chi connectivity index (χ0) is 33.0. The van der Waals surface area contributed by atoms with E-state index in [1.807, 2.05) is 30.3 Å². The Kier molecular flexibility index (Phi) is 9.53. The van der Waals surface area contributed by atoms with Gasteiger partial charge in [-0.3, -0.25) is 14.5 Å². The third kappa shape index (κ3) is 6.22. The number of anilines is 1. The molecular formula is C35H32N2O8S. The van der Waals surface area contributed by atoms with Gasteiger partial charge in [0.05, 0.1) is 31.5 Å². The Bertz CT molecular complexity index is 1850. The third-order valence-corrected chi connectivity index (χ3v) is 8.51. The number of aliphatic hydroxyl groups is 1. The number of hydrogen-bond donors (Lipinski definition) is 1. The molecule has 0 unspecified atom stereocenters. The first-order valence-electron chi connectivity index (χ1n) is 14.2. The molecular weight excluding hydrogens is 608 g/mol. The fourth-order valence-corrected chi connectivity index (χ4v) is 6.11. The summed E-state index contributed by atoms with van der Waals surface area (Å²) in [5, 5.41) is 11.8. The van der Waals surface area contributed by atoms with E-state index in [0.717, 1.165) is 16.9 Å². The Morgan fingerprint density at radius 3 is 2.43 bits per heavy atom. The number of methoxy groups -OCH3 is 2. The zero-order valence-electron chi connectivity index (χ0n) is 25.7. The van der Waals surface area contributed by atoms with Gasteiger partial charge in [-0.05, 0) is 60.9 Å². The Morgan fingerprint density at radius 1 is 1.02 bits per heavy atom. The highest BCUT2D eigenvalue weighted by Gasteiger charge is 2.49. The van der Waals surface area contributed by atoms with Crippen LogP contribution in [-0.2, 0) is 20.9 Å². The Labute approximate surface area is 270 Å². The second-order valence-corrected chi connectivity index (χ2v) is 11.3. The molecule has 4 aromatic rings. The van der Waals surface area contributed by atoms with Gasteiger partial charge in [-0.2, -0.15) is 0 Å². The average molecular weight is 641 g/mol. The lowest BCUT2D eigenvalue weighted by Gasteiger charge is -2.24. The first-order valence-corrected chi connectivity index (χ1v) is 15.1. The molecule has 1 amide bonds. The number of aliphatic hydroxyl groups excluding tert-OH is 1. The van der Waals surface area contributed by atoms with Crippen molar-refractivity contribution in [2.24, 2.45) is 0 Å². The lowest BCUT2D eigenvalue weighted by molar-refractivity contribution is -0.132. The molecule has 1 saturated heterocycles. The minimum atomic E-state index is -1.11. The van der Waals surface area contributed by atoms with Crippen LogP contribution < -0.4 is 19.1 Å². The number of ketones is 1. The summed E-state index contributed by atoms with van der Waals surface area (Å²) in [7, 11) is 2.96. The van der Waals surface area contributed by atoms with E-state index < -0.39 is 23.7 Å². The summed E-state index contributed by atoms with van der Waals surface area (Å²) in [6.45, 7) is 7.29. The van der Waals surface area contributed by atoms with E-state index in [-0.39, 0.29) is 27.9 Å². The van der Waals surface area contributed by atoms with Crippen molar-refractivity contribution in [3.63, 3.8) is 0 Å². The van der Waals surface area contributed by atoms with Crippen molar-refractivity contribution in [2.75, 3.05) is 25.7 Å². The predicted octanol–water partition coefficient (Wildman–Crippen LogP) is 6.33. The van der Waals surface area contributed by atoms with Crippen LogP contribution in [0.1, 0.15) is 43.7 Å². The van der Waals surface area contributed by atoms with Gasteiger partial charge >= 0.3 is 11.9 Å². The van der Waals surface area contributed by atoms with Crippen LogP contribution in [0.15, 0.2) is 85.0 Å². The number of amides is 1. The number of aromatic nitrogens is 1. The van der Waals surface area contributed by atoms with Crippen molar-refractivity contribution in [2.45, 2.75) is 26.5 Å². The molecule has 1 fully saturated rings. The van der Waals surface area contributed by atoms with E-state index in [2.05, 4.69) is 11.6 Å². The van der Waals surface area contributed by atoms with Crippen LogP contribution in [0, 0.1) is 13.8 Å². The third-order valence-electron chi connectivity index (χ3n) is 7.38. The number of nitrogens with zero attached hydrogens (tertiary/aromatic N) is 2. The van der Waals surface area contributed by atoms with Gasteiger partial charge in [0.25, 0.3) is 5.78 Å². The molecule has 1 aliphatic heterocycles. The van der Waals surface area contributed by atoms with Gasteiger partial charge in [0.15, 0.2) is 16.6 Å². The monoisotopic (exact) mass is 640 g/mol. The number of hydrogen-bond acceptors (Lipinski definition) is 10. The van der Waals surface area contributed by atoms with Crippen molar-refractivity contribution >= 4 is 39.9 Å². The fourth-order valence-electron chi connectivity index (χ4n) is 5.12. The number of thiazole rings is 1. The molecule has 1 atom stereocenters. The molecule has 5 rings (SSSR count). The molecule has 236 valence electrons. The van der Waals surface area contributed by atoms with Gasteiger partial charge < -0.3 is 24.1 Å². The van der Waals surface area contributed by atoms with E-state index in [1.54, 1.807) is 50.2 Å². The SMILES string of the molecule is C=CCOC(=O)c1sc(N2C(=O)C(=O)/C(=C(/O)c3ccc(OCc4ccccc4)cc3C)[C@@H]2c2ccc(OC)c(OC)c2)nc1C. The smallest absolute Gasteiger partial charge is 0.350 e. The first-order chi connectivity index (χ1) is 22.2. The molecule has 1 N–H and O–H groups in total. The van der Waals surface area contributed by atoms with Crippen LogP contribution in [-0.4, -0.2) is 48.6 Å². The number of ether oxygens (including phenoxy) is 4. The van der Waals surface area contributed by atoms with E-state index in [4.69, 9.17) is 18.9 Å². The second-order valence-electron chi connectivity index (χ2n) is 10.3. The maximum atomic E-state index is 13.8. The van der Waals surface area contributed by atoms with Crippen LogP contribution in [0.5, 0.6) is 17.2 Å². The largest absolute Gasteiger partial charge is 0.507 e. The number of benzene rings is 3. The van der Waals surface area contributed by atoms with Crippen molar-refractivity contribution in [3.05, 3.63) is 118 Å². The van der Waals surface area contributed by atoms with Crippen LogP contribution in [0.25, 0.3) is 5.76 Å². The molecule has 3 aromatic carbocycles. The normalized spacial score (nSPS) is 15.5. The van der Waals surface area contributed by atoms with Crippen LogP contribution in [0.3, 0.4) is 0 Å². The van der Waals surface area contributed by atoms with Crippen LogP contribution >= 0.6 is 11.3 Å². The van der Waals surface area contributed by atoms with Gasteiger partial charge in [0.1, 0.15) is 29.6 Å². The topological polar surface area (TPSA) is 124 Å². The molecule has 0 aliphatic carbocycles. The number of carbonyl (C=O) groups excluding carboxylic acids is 3. The van der Waals surface area contributed by atoms with E-state index >= 15 is 0 Å². The lowest BCUT2D eigenvalue weighted by atomic mass is 9.93. The molecule has 46 heavy (non-hydrogen) atoms. The Balaban J connectivity index is 1.60. The number of carbonyl (C=O) groups is 3. The number of aryl methyl sites for hydroxylation is 2. The predicted molar refractivity (Wildman–Crippen MR) is 174 cm³/mol. The van der Waals surface area contributed by atoms with E-state index in [1.165, 1.54) is 25.2 Å². The lowest BCUT2D eigenvalue weighted by Crippen LogP contribution is -2.29. The van der Waals surface area contributed by atoms with Crippen LogP contribution in [0.4, 0.5) is 5.13 Å². The summed E-state index contributed by atoms with van der Waals surface area (Å²) in [5.41, 5.74) is 2.59. The molecule has 0 radical (unpaired) electrons. The summed E-state index contributed by atoms with van der Waals surface area (Å²) in [5.74, 6) is -1.47. The number of Topliss-reactive ketones (excluding diaryl/α,β-unsaturated/α-hetero) is 1. The fraction of sp³-hybridized carbons (Fsp3) is 0.200. The van der Waals surface area contributed by atoms with E-state index in [9.17, 15) is 19.5 Å². The van der Waals surface area contributed by atoms with Gasteiger partial charge in [0.2, 0.25) is 0 Å². The Hall–Kier alpha value is -5.42. The van der Waals surface area contributed by atoms with Crippen molar-refractivity contribution in [1.29, 1.82) is 0 Å². The molecule has 2 heterocycles. The summed E-state index contributed by atoms with van der Waals surface area (Å²) in [6.07, 6.45) is 1.44. The molecule has 11 heteroatoms. The molecule has 1 aromatic heterocycles. The standard InChI is InChI=1S/C35H32N2O8S/c1-6-16-44-34(41)32-21(3)36-35(46-32)37-29(23-12-15-26(42-4)27(18-23)43-5)28(31(39)33(37)40)30(38)25-14-13-24(17-20(25)2)45-19-22-10-8-7-9-11-22/h6-15,17-18,29,38H,1,16,19H2,2-5H3/b30-28+/t29-/m0/s1. The number of rotatable bonds is 11. The minimum absolute atomic E-state index is 0.00288. The Morgan fingerprint density at radius 2 is 1.76 bits per heavy atom. The zero-order valence-corrected chi connectivity index (χ0v) is 26.6. The summed E-state index contributed by atoms with van der Waals surface area (Å²) >= 11 is 0.912. The summed E-state index contributed by atoms with van der Waals surface area (Å²) < 4.78 is 22.0. The van der Waals surface area contributed by atoms with Gasteiger partial charge in [-0.25, -0.2) is 9.78 Å². The minimum Gasteiger partial charge on any atom is -0.507 e. The number of esters is 1. The van der Waals surface area contributed by atoms with Crippen LogP contribution in [0.2, 0.25) is 0 Å². The highest BCUT2D eigenvalue weighted by molar-refractivity contribution is 7.17. The highest BCUT2D eigenvalue weighted by atomic mass is 32.1. The summed E-state index contributed by atoms with van der Waals surface area (Å²) in [6, 6.07) is 18.6. The quantitative estimate of drug-likeness (QED) is 0.0659. The van der Waals surface area contributed by atoms with Crippen molar-refractivity contribution in [1.82, 2.24) is 4.98 Å². The highest BCUT2D eigenvalue weighted by Crippen LogP contribution is 2.46. The van der Waals surface area contributed by atoms with Crippen molar-refractivity contribution in [3.8, 4) is 17.2 Å². The second kappa shape index (κ2) is 13.7. The molecule has 0 spiro atoms. The van der Waals surface area contributed by atoms with Gasteiger partial charge in [0, 0.05) is 5.56 Å². The molecule has 0 bridgehead atoms. The van der Waals surface area contributed by atoms with Gasteiger partial charge in [-0.15, -0.1) is 0 Å². The van der Waals surface area contributed by atoms with Gasteiger partial charge in [-0.1, -0.05) is 60.4 Å². The maximum Gasteiger partial charge on any atom is 0.350 e. The molecule has 10 nitrogen and oxygen atoms in total. The first kappa shape index (κ1) is 32.0.